The van der Waals surface area contributed by atoms with Gasteiger partial charge in [-0.1, -0.05) is 54.6 Å². The summed E-state index contributed by atoms with van der Waals surface area (Å²) < 4.78 is 12.7. The van der Waals surface area contributed by atoms with Crippen molar-refractivity contribution in [2.75, 3.05) is 13.1 Å². The van der Waals surface area contributed by atoms with Crippen molar-refractivity contribution >= 4 is 6.08 Å². The Balaban J connectivity index is 1.65. The van der Waals surface area contributed by atoms with Crippen LogP contribution in [0.3, 0.4) is 0 Å². The number of hydrogen-bond donors (Lipinski definition) is 1. The van der Waals surface area contributed by atoms with Crippen LogP contribution in [0.15, 0.2) is 60.7 Å². The Morgan fingerprint density at radius 3 is 2.42 bits per heavy atom. The molecule has 0 amide bonds. The highest BCUT2D eigenvalue weighted by Crippen LogP contribution is 2.03. The summed E-state index contributed by atoms with van der Waals surface area (Å²) >= 11 is 0. The van der Waals surface area contributed by atoms with Gasteiger partial charge in [-0.25, -0.2) is 4.39 Å². The maximum atomic E-state index is 12.7. The van der Waals surface area contributed by atoms with E-state index in [4.69, 9.17) is 0 Å². The summed E-state index contributed by atoms with van der Waals surface area (Å²) in [4.78, 5) is 0. The molecule has 0 aromatic heterocycles. The largest absolute Gasteiger partial charge is 0.313 e. The predicted molar refractivity (Wildman–Crippen MR) is 78.4 cm³/mol. The van der Waals surface area contributed by atoms with Gasteiger partial charge in [0.2, 0.25) is 0 Å². The molecule has 0 aliphatic carbocycles. The highest BCUT2D eigenvalue weighted by Gasteiger charge is 1.93. The summed E-state index contributed by atoms with van der Waals surface area (Å²) in [5, 5.41) is 3.34. The zero-order valence-corrected chi connectivity index (χ0v) is 10.9. The first-order valence-corrected chi connectivity index (χ1v) is 6.51. The Hall–Kier alpha value is -1.93. The standard InChI is InChI=1S/C17H18FN/c18-17-10-8-16(9-11-17)12-14-19-13-4-7-15-5-2-1-3-6-15/h1-11,19H,12-14H2/b7-4+. The Labute approximate surface area is 113 Å². The molecule has 19 heavy (non-hydrogen) atoms. The molecule has 0 radical (unpaired) electrons. The molecule has 2 aromatic carbocycles. The SMILES string of the molecule is Fc1ccc(CCNC/C=C/c2ccccc2)cc1. The van der Waals surface area contributed by atoms with Crippen LogP contribution in [-0.2, 0) is 6.42 Å². The molecule has 0 heterocycles. The zero-order valence-electron chi connectivity index (χ0n) is 10.9. The van der Waals surface area contributed by atoms with E-state index in [9.17, 15) is 4.39 Å². The van der Waals surface area contributed by atoms with Crippen molar-refractivity contribution in [3.63, 3.8) is 0 Å². The van der Waals surface area contributed by atoms with E-state index in [-0.39, 0.29) is 5.82 Å². The van der Waals surface area contributed by atoms with Crippen LogP contribution >= 0.6 is 0 Å². The van der Waals surface area contributed by atoms with Crippen LogP contribution in [0.1, 0.15) is 11.1 Å². The third-order valence-corrected chi connectivity index (χ3v) is 2.88. The van der Waals surface area contributed by atoms with Gasteiger partial charge in [0, 0.05) is 6.54 Å². The van der Waals surface area contributed by atoms with Crippen molar-refractivity contribution in [3.05, 3.63) is 77.6 Å². The minimum Gasteiger partial charge on any atom is -0.313 e. The molecule has 1 nitrogen and oxygen atoms in total. The summed E-state index contributed by atoms with van der Waals surface area (Å²) in [6.45, 7) is 1.74. The number of halogens is 1. The van der Waals surface area contributed by atoms with Crippen LogP contribution in [0, 0.1) is 5.82 Å². The van der Waals surface area contributed by atoms with Crippen molar-refractivity contribution in [3.8, 4) is 0 Å². The quantitative estimate of drug-likeness (QED) is 0.777. The fraction of sp³-hybridized carbons (Fsp3) is 0.176. The van der Waals surface area contributed by atoms with Gasteiger partial charge >= 0.3 is 0 Å². The fourth-order valence-electron chi connectivity index (χ4n) is 1.83. The van der Waals surface area contributed by atoms with E-state index in [2.05, 4.69) is 29.6 Å². The van der Waals surface area contributed by atoms with Crippen molar-refractivity contribution in [2.24, 2.45) is 0 Å². The van der Waals surface area contributed by atoms with Crippen molar-refractivity contribution in [1.29, 1.82) is 0 Å². The van der Waals surface area contributed by atoms with Crippen LogP contribution in [0.5, 0.6) is 0 Å². The molecule has 98 valence electrons. The normalized spacial score (nSPS) is 11.0. The molecule has 1 N–H and O–H groups in total. The van der Waals surface area contributed by atoms with Gasteiger partial charge in [-0.15, -0.1) is 0 Å². The molecule has 0 spiro atoms. The third-order valence-electron chi connectivity index (χ3n) is 2.88. The molecular formula is C17H18FN. The first kappa shape index (κ1) is 13.5. The molecular weight excluding hydrogens is 237 g/mol. The molecule has 0 saturated heterocycles. The third kappa shape index (κ3) is 5.06. The van der Waals surface area contributed by atoms with Gasteiger partial charge in [-0.05, 0) is 36.2 Å². The van der Waals surface area contributed by atoms with Crippen LogP contribution in [0.4, 0.5) is 4.39 Å². The number of nitrogens with one attached hydrogen (secondary N) is 1. The van der Waals surface area contributed by atoms with Crippen LogP contribution in [0.25, 0.3) is 6.08 Å². The molecule has 0 aliphatic rings. The summed E-state index contributed by atoms with van der Waals surface area (Å²) in [5.41, 5.74) is 2.36. The summed E-state index contributed by atoms with van der Waals surface area (Å²) in [7, 11) is 0. The van der Waals surface area contributed by atoms with Gasteiger partial charge in [0.1, 0.15) is 5.82 Å². The lowest BCUT2D eigenvalue weighted by Crippen LogP contribution is -2.16. The van der Waals surface area contributed by atoms with Gasteiger partial charge < -0.3 is 5.32 Å². The molecule has 0 fully saturated rings. The molecule has 0 atom stereocenters. The fourth-order valence-corrected chi connectivity index (χ4v) is 1.83. The minimum absolute atomic E-state index is 0.178. The molecule has 2 heteroatoms. The van der Waals surface area contributed by atoms with E-state index in [0.29, 0.717) is 0 Å². The Morgan fingerprint density at radius 2 is 1.68 bits per heavy atom. The van der Waals surface area contributed by atoms with Crippen molar-refractivity contribution < 1.29 is 4.39 Å². The number of benzene rings is 2. The lowest BCUT2D eigenvalue weighted by molar-refractivity contribution is 0.626. The molecule has 0 bridgehead atoms. The van der Waals surface area contributed by atoms with Crippen LogP contribution < -0.4 is 5.32 Å². The smallest absolute Gasteiger partial charge is 0.123 e. The van der Waals surface area contributed by atoms with Gasteiger partial charge in [0.05, 0.1) is 0 Å². The molecule has 2 aromatic rings. The average molecular weight is 255 g/mol. The predicted octanol–water partition coefficient (Wildman–Crippen LogP) is 3.67. The van der Waals surface area contributed by atoms with Gasteiger partial charge in [-0.2, -0.15) is 0 Å². The Kier molecular flexibility index (Phi) is 5.32. The van der Waals surface area contributed by atoms with Gasteiger partial charge in [0.25, 0.3) is 0 Å². The second-order valence-electron chi connectivity index (χ2n) is 4.39. The topological polar surface area (TPSA) is 12.0 Å². The first-order chi connectivity index (χ1) is 9.34. The number of hydrogen-bond acceptors (Lipinski definition) is 1. The van der Waals surface area contributed by atoms with E-state index in [1.54, 1.807) is 0 Å². The van der Waals surface area contributed by atoms with E-state index in [1.165, 1.54) is 17.7 Å². The maximum absolute atomic E-state index is 12.7. The van der Waals surface area contributed by atoms with E-state index in [0.717, 1.165) is 25.1 Å². The highest BCUT2D eigenvalue weighted by molar-refractivity contribution is 5.48. The van der Waals surface area contributed by atoms with Crippen molar-refractivity contribution in [2.45, 2.75) is 6.42 Å². The molecule has 0 aliphatic heterocycles. The average Bonchev–Trinajstić information content (AvgIpc) is 2.46. The number of rotatable bonds is 6. The van der Waals surface area contributed by atoms with Gasteiger partial charge in [-0.3, -0.25) is 0 Å². The molecule has 0 unspecified atom stereocenters. The van der Waals surface area contributed by atoms with E-state index >= 15 is 0 Å². The Morgan fingerprint density at radius 1 is 0.947 bits per heavy atom. The van der Waals surface area contributed by atoms with Crippen LogP contribution in [0.2, 0.25) is 0 Å². The monoisotopic (exact) mass is 255 g/mol. The lowest BCUT2D eigenvalue weighted by atomic mass is 10.1. The van der Waals surface area contributed by atoms with E-state index < -0.39 is 0 Å². The second-order valence-corrected chi connectivity index (χ2v) is 4.39. The lowest BCUT2D eigenvalue weighted by Gasteiger charge is -2.02. The first-order valence-electron chi connectivity index (χ1n) is 6.51. The highest BCUT2D eigenvalue weighted by atomic mass is 19.1. The van der Waals surface area contributed by atoms with E-state index in [1.807, 2.05) is 30.3 Å². The molecule has 2 rings (SSSR count). The van der Waals surface area contributed by atoms with Crippen LogP contribution in [-0.4, -0.2) is 13.1 Å². The summed E-state index contributed by atoms with van der Waals surface area (Å²) in [6, 6.07) is 16.9. The minimum atomic E-state index is -0.178. The maximum Gasteiger partial charge on any atom is 0.123 e. The zero-order chi connectivity index (χ0) is 13.3. The summed E-state index contributed by atoms with van der Waals surface area (Å²) in [6.07, 6.45) is 5.13. The Bertz CT molecular complexity index is 503. The van der Waals surface area contributed by atoms with Crippen molar-refractivity contribution in [1.82, 2.24) is 5.32 Å². The van der Waals surface area contributed by atoms with Gasteiger partial charge in [0.15, 0.2) is 0 Å². The second kappa shape index (κ2) is 7.49. The summed E-state index contributed by atoms with van der Waals surface area (Å²) in [5.74, 6) is -0.178. The molecule has 0 saturated carbocycles.